The lowest BCUT2D eigenvalue weighted by molar-refractivity contribution is 0.0734. The van der Waals surface area contributed by atoms with Crippen LogP contribution in [0.25, 0.3) is 0 Å². The lowest BCUT2D eigenvalue weighted by Crippen LogP contribution is -2.35. The first-order valence-corrected chi connectivity index (χ1v) is 7.34. The maximum absolute atomic E-state index is 12.5. The van der Waals surface area contributed by atoms with E-state index in [9.17, 15) is 4.79 Å². The van der Waals surface area contributed by atoms with Gasteiger partial charge < -0.3 is 10.2 Å². The Balaban J connectivity index is 1.74. The van der Waals surface area contributed by atoms with Gasteiger partial charge in [-0.15, -0.1) is 0 Å². The summed E-state index contributed by atoms with van der Waals surface area (Å²) >= 11 is 0. The van der Waals surface area contributed by atoms with E-state index >= 15 is 0 Å². The molecule has 0 fully saturated rings. The fraction of sp³-hybridized carbons (Fsp3) is 0.294. The predicted octanol–water partition coefficient (Wildman–Crippen LogP) is 2.71. The highest BCUT2D eigenvalue weighted by molar-refractivity contribution is 5.94. The number of fused-ring (bicyclic) bond motifs is 1. The molecule has 2 aromatic rings. The van der Waals surface area contributed by atoms with Gasteiger partial charge in [0.05, 0.1) is 5.56 Å². The molecule has 4 nitrogen and oxygen atoms in total. The lowest BCUT2D eigenvalue weighted by atomic mass is 9.99. The zero-order valence-electron chi connectivity index (χ0n) is 12.2. The van der Waals surface area contributed by atoms with Gasteiger partial charge in [0, 0.05) is 25.8 Å². The summed E-state index contributed by atoms with van der Waals surface area (Å²) in [6.07, 6.45) is 2.58. The van der Waals surface area contributed by atoms with E-state index in [0.717, 1.165) is 25.3 Å². The SMILES string of the molecule is CCNc1ccc(C(=O)N2CCc3ccccc3C2)cn1. The van der Waals surface area contributed by atoms with Gasteiger partial charge in [0.1, 0.15) is 5.82 Å². The van der Waals surface area contributed by atoms with E-state index < -0.39 is 0 Å². The molecule has 0 atom stereocenters. The summed E-state index contributed by atoms with van der Waals surface area (Å²) in [5, 5.41) is 3.13. The number of anilines is 1. The van der Waals surface area contributed by atoms with Gasteiger partial charge in [-0.2, -0.15) is 0 Å². The number of hydrogen-bond donors (Lipinski definition) is 1. The first-order chi connectivity index (χ1) is 10.3. The van der Waals surface area contributed by atoms with E-state index in [0.29, 0.717) is 12.1 Å². The highest BCUT2D eigenvalue weighted by Gasteiger charge is 2.21. The normalized spacial score (nSPS) is 13.7. The van der Waals surface area contributed by atoms with Crippen molar-refractivity contribution in [2.45, 2.75) is 19.9 Å². The number of amides is 1. The van der Waals surface area contributed by atoms with Crippen LogP contribution in [0.2, 0.25) is 0 Å². The molecule has 1 aliphatic rings. The molecule has 1 aromatic carbocycles. The van der Waals surface area contributed by atoms with Crippen LogP contribution < -0.4 is 5.32 Å². The molecule has 108 valence electrons. The maximum Gasteiger partial charge on any atom is 0.255 e. The Morgan fingerprint density at radius 1 is 1.24 bits per heavy atom. The van der Waals surface area contributed by atoms with Crippen molar-refractivity contribution in [2.24, 2.45) is 0 Å². The molecule has 1 N–H and O–H groups in total. The third-order valence-corrected chi connectivity index (χ3v) is 3.79. The number of aromatic nitrogens is 1. The van der Waals surface area contributed by atoms with E-state index in [4.69, 9.17) is 0 Å². The van der Waals surface area contributed by atoms with Crippen molar-refractivity contribution in [2.75, 3.05) is 18.4 Å². The molecule has 0 saturated carbocycles. The third-order valence-electron chi connectivity index (χ3n) is 3.79. The summed E-state index contributed by atoms with van der Waals surface area (Å²) in [4.78, 5) is 18.7. The van der Waals surface area contributed by atoms with Crippen molar-refractivity contribution in [3.63, 3.8) is 0 Å². The van der Waals surface area contributed by atoms with E-state index in [1.807, 2.05) is 30.0 Å². The monoisotopic (exact) mass is 281 g/mol. The number of benzene rings is 1. The van der Waals surface area contributed by atoms with Crippen molar-refractivity contribution in [1.29, 1.82) is 0 Å². The summed E-state index contributed by atoms with van der Waals surface area (Å²) < 4.78 is 0. The maximum atomic E-state index is 12.5. The average molecular weight is 281 g/mol. The molecule has 1 amide bonds. The molecule has 3 rings (SSSR count). The topological polar surface area (TPSA) is 45.2 Å². The number of pyridine rings is 1. The van der Waals surface area contributed by atoms with Crippen molar-refractivity contribution in [3.05, 3.63) is 59.3 Å². The van der Waals surface area contributed by atoms with E-state index in [1.165, 1.54) is 11.1 Å². The fourth-order valence-corrected chi connectivity index (χ4v) is 2.66. The minimum atomic E-state index is 0.0556. The van der Waals surface area contributed by atoms with Crippen LogP contribution in [0.15, 0.2) is 42.6 Å². The van der Waals surface area contributed by atoms with Crippen LogP contribution in [0.4, 0.5) is 5.82 Å². The van der Waals surface area contributed by atoms with Crippen molar-refractivity contribution >= 4 is 11.7 Å². The first-order valence-electron chi connectivity index (χ1n) is 7.34. The van der Waals surface area contributed by atoms with E-state index in [-0.39, 0.29) is 5.91 Å². The lowest BCUT2D eigenvalue weighted by Gasteiger charge is -2.28. The molecule has 0 unspecified atom stereocenters. The summed E-state index contributed by atoms with van der Waals surface area (Å²) in [6, 6.07) is 12.0. The number of nitrogens with zero attached hydrogens (tertiary/aromatic N) is 2. The summed E-state index contributed by atoms with van der Waals surface area (Å²) in [5.41, 5.74) is 3.24. The molecule has 0 bridgehead atoms. The van der Waals surface area contributed by atoms with Gasteiger partial charge in [-0.3, -0.25) is 4.79 Å². The minimum absolute atomic E-state index is 0.0556. The van der Waals surface area contributed by atoms with Crippen LogP contribution in [0.5, 0.6) is 0 Å². The smallest absolute Gasteiger partial charge is 0.255 e. The Morgan fingerprint density at radius 3 is 2.76 bits per heavy atom. The first kappa shape index (κ1) is 13.6. The molecule has 2 heterocycles. The Bertz CT molecular complexity index is 637. The molecule has 0 radical (unpaired) electrons. The number of carbonyl (C=O) groups is 1. The number of carbonyl (C=O) groups excluding carboxylic acids is 1. The summed E-state index contributed by atoms with van der Waals surface area (Å²) in [6.45, 7) is 4.30. The van der Waals surface area contributed by atoms with Crippen LogP contribution in [0, 0.1) is 0 Å². The molecule has 21 heavy (non-hydrogen) atoms. The van der Waals surface area contributed by atoms with E-state index in [2.05, 4.69) is 28.5 Å². The second kappa shape index (κ2) is 5.95. The Kier molecular flexibility index (Phi) is 3.86. The van der Waals surface area contributed by atoms with Crippen LogP contribution in [0.3, 0.4) is 0 Å². The van der Waals surface area contributed by atoms with Crippen LogP contribution in [-0.2, 0) is 13.0 Å². The van der Waals surface area contributed by atoms with Gasteiger partial charge in [-0.25, -0.2) is 4.98 Å². The molecule has 1 aromatic heterocycles. The second-order valence-electron chi connectivity index (χ2n) is 5.21. The molecule has 0 spiro atoms. The largest absolute Gasteiger partial charge is 0.370 e. The van der Waals surface area contributed by atoms with Crippen molar-refractivity contribution in [1.82, 2.24) is 9.88 Å². The summed E-state index contributed by atoms with van der Waals surface area (Å²) in [5.74, 6) is 0.859. The van der Waals surface area contributed by atoms with E-state index in [1.54, 1.807) is 6.20 Å². The fourth-order valence-electron chi connectivity index (χ4n) is 2.66. The second-order valence-corrected chi connectivity index (χ2v) is 5.21. The van der Waals surface area contributed by atoms with Crippen LogP contribution >= 0.6 is 0 Å². The van der Waals surface area contributed by atoms with Gasteiger partial charge >= 0.3 is 0 Å². The molecule has 0 saturated heterocycles. The standard InChI is InChI=1S/C17H19N3O/c1-2-18-16-8-7-14(11-19-16)17(21)20-10-9-13-5-3-4-6-15(13)12-20/h3-8,11H,2,9-10,12H2,1H3,(H,18,19). The molecule has 1 aliphatic heterocycles. The number of rotatable bonds is 3. The quantitative estimate of drug-likeness (QED) is 0.941. The highest BCUT2D eigenvalue weighted by atomic mass is 16.2. The summed E-state index contributed by atoms with van der Waals surface area (Å²) in [7, 11) is 0. The van der Waals surface area contributed by atoms with Crippen molar-refractivity contribution < 1.29 is 4.79 Å². The van der Waals surface area contributed by atoms with Gasteiger partial charge in [0.25, 0.3) is 5.91 Å². The Hall–Kier alpha value is -2.36. The predicted molar refractivity (Wildman–Crippen MR) is 83.3 cm³/mol. The molecular formula is C17H19N3O. The average Bonchev–Trinajstić information content (AvgIpc) is 2.55. The van der Waals surface area contributed by atoms with Gasteiger partial charge in [0.2, 0.25) is 0 Å². The minimum Gasteiger partial charge on any atom is -0.370 e. The van der Waals surface area contributed by atoms with Crippen LogP contribution in [0.1, 0.15) is 28.4 Å². The molecule has 0 aliphatic carbocycles. The van der Waals surface area contributed by atoms with Crippen molar-refractivity contribution in [3.8, 4) is 0 Å². The Labute approximate surface area is 124 Å². The zero-order chi connectivity index (χ0) is 14.7. The Morgan fingerprint density at radius 2 is 2.05 bits per heavy atom. The molecule has 4 heteroatoms. The van der Waals surface area contributed by atoms with Gasteiger partial charge in [-0.05, 0) is 36.6 Å². The molecular weight excluding hydrogens is 262 g/mol. The van der Waals surface area contributed by atoms with Gasteiger partial charge in [0.15, 0.2) is 0 Å². The zero-order valence-corrected chi connectivity index (χ0v) is 12.2. The number of hydrogen-bond acceptors (Lipinski definition) is 3. The number of nitrogens with one attached hydrogen (secondary N) is 1. The van der Waals surface area contributed by atoms with Crippen LogP contribution in [-0.4, -0.2) is 28.9 Å². The highest BCUT2D eigenvalue weighted by Crippen LogP contribution is 2.20. The van der Waals surface area contributed by atoms with Gasteiger partial charge in [-0.1, -0.05) is 24.3 Å². The third kappa shape index (κ3) is 2.89.